The highest BCUT2D eigenvalue weighted by atomic mass is 16.5. The molecule has 9 heteroatoms. The second-order valence-electron chi connectivity index (χ2n) is 18.7. The van der Waals surface area contributed by atoms with Crippen molar-refractivity contribution in [1.82, 2.24) is 10.3 Å². The summed E-state index contributed by atoms with van der Waals surface area (Å²) in [5, 5.41) is 38.2. The largest absolute Gasteiger partial charge is 0.504 e. The van der Waals surface area contributed by atoms with Crippen molar-refractivity contribution in [3.8, 4) is 23.3 Å². The van der Waals surface area contributed by atoms with Crippen molar-refractivity contribution in [2.45, 2.75) is 129 Å². The quantitative estimate of drug-likeness (QED) is 0.0699. The summed E-state index contributed by atoms with van der Waals surface area (Å²) >= 11 is 0. The van der Waals surface area contributed by atoms with E-state index in [9.17, 15) is 24.9 Å². The molecule has 3 aromatic rings. The van der Waals surface area contributed by atoms with E-state index >= 15 is 0 Å². The van der Waals surface area contributed by atoms with Crippen molar-refractivity contribution in [2.75, 3.05) is 13.7 Å². The number of carbonyl (C=O) groups excluding carboxylic acids is 2. The number of carbonyl (C=O) groups is 2. The second kappa shape index (κ2) is 20.9. The summed E-state index contributed by atoms with van der Waals surface area (Å²) in [6.45, 7) is 11.5. The zero-order valence-electron chi connectivity index (χ0n) is 37.2. The zero-order valence-corrected chi connectivity index (χ0v) is 37.2. The molecule has 0 saturated heterocycles. The number of aryl methyl sites for hydroxylation is 2. The number of aromatic nitrogens is 1. The number of phenols is 1. The van der Waals surface area contributed by atoms with Gasteiger partial charge in [-0.15, -0.1) is 0 Å². The van der Waals surface area contributed by atoms with E-state index in [1.807, 2.05) is 18.3 Å². The summed E-state index contributed by atoms with van der Waals surface area (Å²) in [5.74, 6) is 6.33. The van der Waals surface area contributed by atoms with Crippen LogP contribution < -0.4 is 15.8 Å². The molecule has 2 aliphatic carbocycles. The fourth-order valence-electron chi connectivity index (χ4n) is 10.1. The van der Waals surface area contributed by atoms with Gasteiger partial charge in [-0.05, 0) is 139 Å². The van der Waals surface area contributed by atoms with Gasteiger partial charge in [0, 0.05) is 43.1 Å². The highest BCUT2D eigenvalue weighted by molar-refractivity contribution is 6.06. The smallest absolute Gasteiger partial charge is 0.173 e. The standard InChI is InChI=1S/C52H69N3O6/c1-7-10-42(47(57)28-40-25-39(30-55-40)32(4)5)38-23-34(21-33-19-20-54-50(53)24-33)22-36-15-17-43(41-12-9-8-11-35(41)14-13-31(2)3)44-29-48(58)49(61-6)27-37(44)16-18-46(56)52(60)51(59)45(36)26-38/h8-9,11-12,19,24-25,27,29-32,34,36,38,42-43,45,47,52,54-55,57-58,60H,7,10,13-14,16,18,20-23,26,28,53H2,1-6H3. The van der Waals surface area contributed by atoms with Gasteiger partial charge in [0.25, 0.3) is 0 Å². The van der Waals surface area contributed by atoms with E-state index in [2.05, 4.69) is 87.1 Å². The van der Waals surface area contributed by atoms with Gasteiger partial charge in [0.2, 0.25) is 0 Å². The predicted molar refractivity (Wildman–Crippen MR) is 242 cm³/mol. The molecule has 0 amide bonds. The van der Waals surface area contributed by atoms with Gasteiger partial charge >= 0.3 is 0 Å². The van der Waals surface area contributed by atoms with Crippen LogP contribution in [-0.4, -0.2) is 57.7 Å². The number of hydrogen-bond donors (Lipinski definition) is 6. The number of ketones is 2. The molecule has 8 atom stereocenters. The lowest BCUT2D eigenvalue weighted by atomic mass is 9.73. The molecule has 1 aromatic heterocycles. The summed E-state index contributed by atoms with van der Waals surface area (Å²) in [6.07, 6.45) is 10.3. The number of aliphatic hydroxyl groups is 2. The number of nitrogens with two attached hydrogens (primary N) is 1. The van der Waals surface area contributed by atoms with Gasteiger partial charge in [-0.25, -0.2) is 0 Å². The van der Waals surface area contributed by atoms with Gasteiger partial charge < -0.3 is 36.1 Å². The Morgan fingerprint density at radius 1 is 0.984 bits per heavy atom. The van der Waals surface area contributed by atoms with Gasteiger partial charge in [-0.2, -0.15) is 0 Å². The van der Waals surface area contributed by atoms with E-state index in [1.54, 1.807) is 12.1 Å². The van der Waals surface area contributed by atoms with Crippen LogP contribution in [0.1, 0.15) is 131 Å². The normalized spacial score (nSPS) is 24.4. The van der Waals surface area contributed by atoms with E-state index in [0.29, 0.717) is 43.5 Å². The highest BCUT2D eigenvalue weighted by Gasteiger charge is 2.43. The number of ether oxygens (including phenoxy) is 1. The number of fused-ring (bicyclic) bond motifs is 2. The van der Waals surface area contributed by atoms with Crippen LogP contribution in [0.25, 0.3) is 0 Å². The maximum Gasteiger partial charge on any atom is 0.173 e. The Kier molecular flexibility index (Phi) is 15.6. The third-order valence-corrected chi connectivity index (χ3v) is 13.5. The van der Waals surface area contributed by atoms with Gasteiger partial charge in [-0.3, -0.25) is 9.59 Å². The number of H-pyrrole nitrogens is 1. The van der Waals surface area contributed by atoms with Crippen molar-refractivity contribution in [1.29, 1.82) is 0 Å². The van der Waals surface area contributed by atoms with E-state index in [-0.39, 0.29) is 42.1 Å². The van der Waals surface area contributed by atoms with Gasteiger partial charge in [0.15, 0.2) is 29.2 Å². The molecular weight excluding hydrogens is 763 g/mol. The van der Waals surface area contributed by atoms with E-state index in [1.165, 1.54) is 18.2 Å². The average Bonchev–Trinajstić information content (AvgIpc) is 3.63. The average molecular weight is 832 g/mol. The van der Waals surface area contributed by atoms with Crippen molar-refractivity contribution < 1.29 is 29.6 Å². The zero-order chi connectivity index (χ0) is 43.8. The summed E-state index contributed by atoms with van der Waals surface area (Å²) < 4.78 is 5.54. The van der Waals surface area contributed by atoms with Crippen LogP contribution in [0.2, 0.25) is 0 Å². The number of benzene rings is 2. The molecule has 0 bridgehead atoms. The number of Topliss-reactive ketones (excluding diaryl/α,β-unsaturated/α-hetero) is 2. The van der Waals surface area contributed by atoms with Crippen LogP contribution in [0.5, 0.6) is 11.5 Å². The Balaban J connectivity index is 1.49. The molecular formula is C52H69N3O6. The number of hydrogen-bond acceptors (Lipinski definition) is 8. The summed E-state index contributed by atoms with van der Waals surface area (Å²) in [7, 11) is 1.50. The van der Waals surface area contributed by atoms with Crippen molar-refractivity contribution in [3.63, 3.8) is 0 Å². The maximum absolute atomic E-state index is 14.8. The SMILES string of the molecule is CCCC(C(O)Cc1cc(C(C)C)c[nH]1)C1CC(CC2=CCNC(N)=C2)CC2C#CC(c3ccccc3CCC(C)C)c3cc(O)c(OC)cc3CCC(=O)C(O)C(=O)C2C1. The van der Waals surface area contributed by atoms with Crippen LogP contribution in [0, 0.1) is 47.3 Å². The molecule has 6 rings (SSSR count). The maximum atomic E-state index is 14.8. The monoisotopic (exact) mass is 832 g/mol. The van der Waals surface area contributed by atoms with Crippen molar-refractivity contribution in [3.05, 3.63) is 106 Å². The number of aromatic hydroxyl groups is 1. The Morgan fingerprint density at radius 2 is 1.77 bits per heavy atom. The summed E-state index contributed by atoms with van der Waals surface area (Å²) in [5.41, 5.74) is 13.3. The number of dihydropyridines is 1. The lowest BCUT2D eigenvalue weighted by molar-refractivity contribution is -0.142. The predicted octanol–water partition coefficient (Wildman–Crippen LogP) is 8.41. The first-order valence-electron chi connectivity index (χ1n) is 22.7. The molecule has 1 saturated carbocycles. The highest BCUT2D eigenvalue weighted by Crippen LogP contribution is 2.45. The van der Waals surface area contributed by atoms with Crippen molar-refractivity contribution in [2.24, 2.45) is 41.2 Å². The molecule has 1 aliphatic heterocycles. The molecule has 8 unspecified atom stereocenters. The third kappa shape index (κ3) is 11.4. The Hall–Kier alpha value is -4.78. The van der Waals surface area contributed by atoms with Crippen LogP contribution in [0.4, 0.5) is 0 Å². The molecule has 2 aromatic carbocycles. The first kappa shape index (κ1) is 45.7. The first-order valence-corrected chi connectivity index (χ1v) is 22.7. The lowest BCUT2D eigenvalue weighted by Crippen LogP contribution is -2.40. The minimum Gasteiger partial charge on any atom is -0.504 e. The summed E-state index contributed by atoms with van der Waals surface area (Å²) in [4.78, 5) is 32.1. The number of methoxy groups -OCH3 is 1. The molecule has 2 heterocycles. The van der Waals surface area contributed by atoms with Gasteiger partial charge in [0.05, 0.1) is 25.0 Å². The number of aromatic amines is 1. The molecule has 61 heavy (non-hydrogen) atoms. The van der Waals surface area contributed by atoms with Gasteiger partial charge in [-0.1, -0.05) is 83.2 Å². The Labute approximate surface area is 363 Å². The molecule has 0 spiro atoms. The topological polar surface area (TPSA) is 158 Å². The Bertz CT molecular complexity index is 2120. The summed E-state index contributed by atoms with van der Waals surface area (Å²) in [6, 6.07) is 14.0. The second-order valence-corrected chi connectivity index (χ2v) is 18.7. The molecule has 7 N–H and O–H groups in total. The molecule has 3 aliphatic rings. The lowest BCUT2D eigenvalue weighted by Gasteiger charge is -2.33. The van der Waals surface area contributed by atoms with E-state index in [0.717, 1.165) is 66.5 Å². The number of nitrogens with one attached hydrogen (secondary N) is 2. The number of aliphatic hydroxyl groups excluding tert-OH is 2. The van der Waals surface area contributed by atoms with Crippen LogP contribution in [0.15, 0.2) is 72.2 Å². The molecule has 9 nitrogen and oxygen atoms in total. The minimum absolute atomic E-state index is 0.0144. The van der Waals surface area contributed by atoms with E-state index < -0.39 is 41.5 Å². The van der Waals surface area contributed by atoms with Crippen molar-refractivity contribution >= 4 is 11.6 Å². The number of rotatable bonds is 14. The van der Waals surface area contributed by atoms with Crippen LogP contribution in [-0.2, 0) is 28.9 Å². The van der Waals surface area contributed by atoms with Crippen LogP contribution in [0.3, 0.4) is 0 Å². The minimum atomic E-state index is -1.79. The number of allylic oxidation sites excluding steroid dienone is 2. The van der Waals surface area contributed by atoms with Gasteiger partial charge in [0.1, 0.15) is 0 Å². The first-order chi connectivity index (χ1) is 29.3. The van der Waals surface area contributed by atoms with E-state index in [4.69, 9.17) is 10.5 Å². The molecule has 0 radical (unpaired) electrons. The molecule has 1 fully saturated rings. The fourth-order valence-corrected chi connectivity index (χ4v) is 10.1. The Morgan fingerprint density at radius 3 is 2.48 bits per heavy atom. The number of phenolic OH excluding ortho intramolecular Hbond substituents is 1. The fraction of sp³-hybridized carbons (Fsp3) is 0.538. The van der Waals surface area contributed by atoms with Crippen LogP contribution >= 0.6 is 0 Å². The third-order valence-electron chi connectivity index (χ3n) is 13.5. The molecule has 328 valence electrons.